The van der Waals surface area contributed by atoms with Gasteiger partial charge in [0.15, 0.2) is 5.78 Å². The summed E-state index contributed by atoms with van der Waals surface area (Å²) in [4.78, 5) is 27.4. The van der Waals surface area contributed by atoms with E-state index in [1.54, 1.807) is 54.6 Å². The second-order valence-electron chi connectivity index (χ2n) is 7.99. The van der Waals surface area contributed by atoms with Crippen LogP contribution in [-0.4, -0.2) is 36.8 Å². The largest absolute Gasteiger partial charge is 1.00 e. The molecule has 10 nitrogen and oxygen atoms in total. The average molecular weight is 541 g/mol. The first-order chi connectivity index (χ1) is 17.7. The van der Waals surface area contributed by atoms with E-state index in [0.29, 0.717) is 22.3 Å². The fraction of sp³-hybridized carbons (Fsp3) is 0.115. The van der Waals surface area contributed by atoms with Gasteiger partial charge in [-0.3, -0.25) is 14.6 Å². The SMILES string of the molecule is COC(=O)CCC(=O)c1ccc(-c2ccc(N=Nc3cc(S(=O)(=O)[O-])c4ccccc4c3N)cn2)cc1.[Na+]. The zero-order chi connectivity index (χ0) is 26.6. The van der Waals surface area contributed by atoms with E-state index < -0.39 is 21.0 Å². The van der Waals surface area contributed by atoms with Gasteiger partial charge in [-0.25, -0.2) is 8.42 Å². The first-order valence-electron chi connectivity index (χ1n) is 11.0. The Bertz CT molecular complexity index is 1620. The quantitative estimate of drug-likeness (QED) is 0.0885. The van der Waals surface area contributed by atoms with E-state index in [4.69, 9.17) is 5.73 Å². The second-order valence-corrected chi connectivity index (χ2v) is 9.33. The predicted molar refractivity (Wildman–Crippen MR) is 136 cm³/mol. The van der Waals surface area contributed by atoms with E-state index in [1.165, 1.54) is 19.4 Å². The molecule has 4 rings (SSSR count). The van der Waals surface area contributed by atoms with Gasteiger partial charge in [0.2, 0.25) is 0 Å². The number of nitrogens with zero attached hydrogens (tertiary/aromatic N) is 3. The summed E-state index contributed by atoms with van der Waals surface area (Å²) in [6.07, 6.45) is 1.55. The number of pyridine rings is 1. The maximum atomic E-state index is 12.2. The minimum atomic E-state index is -4.77. The van der Waals surface area contributed by atoms with Gasteiger partial charge < -0.3 is 15.0 Å². The molecule has 38 heavy (non-hydrogen) atoms. The van der Waals surface area contributed by atoms with Crippen LogP contribution in [0.4, 0.5) is 17.1 Å². The molecule has 1 heterocycles. The number of esters is 1. The third-order valence-corrected chi connectivity index (χ3v) is 6.48. The van der Waals surface area contributed by atoms with Crippen LogP contribution in [0.15, 0.2) is 88.1 Å². The third-order valence-electron chi connectivity index (χ3n) is 5.60. The van der Waals surface area contributed by atoms with Crippen molar-refractivity contribution in [1.82, 2.24) is 4.98 Å². The number of nitrogen functional groups attached to an aromatic ring is 1. The predicted octanol–water partition coefficient (Wildman–Crippen LogP) is 1.94. The summed E-state index contributed by atoms with van der Waals surface area (Å²) in [5.41, 5.74) is 8.63. The number of Topliss-reactive ketones (excluding diaryl/α,β-unsaturated/α-hetero) is 1. The third kappa shape index (κ3) is 6.69. The van der Waals surface area contributed by atoms with Crippen molar-refractivity contribution in [3.8, 4) is 11.3 Å². The topological polar surface area (TPSA) is 164 Å². The Kier molecular flexibility index (Phi) is 9.47. The van der Waals surface area contributed by atoms with Gasteiger partial charge in [0.1, 0.15) is 21.5 Å². The van der Waals surface area contributed by atoms with Gasteiger partial charge in [0.25, 0.3) is 0 Å². The van der Waals surface area contributed by atoms with Crippen LogP contribution >= 0.6 is 0 Å². The molecule has 0 aliphatic carbocycles. The van der Waals surface area contributed by atoms with Gasteiger partial charge in [0, 0.05) is 28.3 Å². The van der Waals surface area contributed by atoms with Crippen molar-refractivity contribution in [1.29, 1.82) is 0 Å². The van der Waals surface area contributed by atoms with E-state index in [0.717, 1.165) is 11.6 Å². The Labute approximate surface area is 241 Å². The molecule has 188 valence electrons. The number of fused-ring (bicyclic) bond motifs is 1. The van der Waals surface area contributed by atoms with Crippen molar-refractivity contribution < 1.29 is 56.9 Å². The number of ketones is 1. The molecule has 0 saturated carbocycles. The van der Waals surface area contributed by atoms with E-state index in [2.05, 4.69) is 19.9 Å². The van der Waals surface area contributed by atoms with Gasteiger partial charge in [-0.15, -0.1) is 10.2 Å². The Morgan fingerprint density at radius 2 is 1.66 bits per heavy atom. The summed E-state index contributed by atoms with van der Waals surface area (Å²) < 4.78 is 39.9. The number of anilines is 1. The zero-order valence-corrected chi connectivity index (χ0v) is 23.4. The first-order valence-corrected chi connectivity index (χ1v) is 12.4. The van der Waals surface area contributed by atoms with Crippen LogP contribution in [0, 0.1) is 0 Å². The molecule has 3 aromatic carbocycles. The second kappa shape index (κ2) is 12.4. The van der Waals surface area contributed by atoms with Crippen LogP contribution in [-0.2, 0) is 19.6 Å². The molecule has 0 unspecified atom stereocenters. The number of carbonyl (C=O) groups is 2. The number of methoxy groups -OCH3 is 1. The molecule has 0 saturated heterocycles. The molecule has 1 aromatic heterocycles. The minimum absolute atomic E-state index is 0. The van der Waals surface area contributed by atoms with Crippen molar-refractivity contribution in [3.63, 3.8) is 0 Å². The van der Waals surface area contributed by atoms with Crippen molar-refractivity contribution >= 4 is 49.7 Å². The zero-order valence-electron chi connectivity index (χ0n) is 20.6. The summed E-state index contributed by atoms with van der Waals surface area (Å²) in [6, 6.07) is 17.7. The number of hydrogen-bond donors (Lipinski definition) is 1. The van der Waals surface area contributed by atoms with E-state index in [1.807, 2.05) is 0 Å². The molecule has 2 N–H and O–H groups in total. The molecular weight excluding hydrogens is 519 g/mol. The molecule has 0 aliphatic rings. The summed E-state index contributed by atoms with van der Waals surface area (Å²) in [6.45, 7) is 0. The van der Waals surface area contributed by atoms with Crippen molar-refractivity contribution in [2.24, 2.45) is 10.2 Å². The van der Waals surface area contributed by atoms with Crippen LogP contribution in [0.2, 0.25) is 0 Å². The number of nitrogens with two attached hydrogens (primary N) is 1. The number of ether oxygens (including phenoxy) is 1. The van der Waals surface area contributed by atoms with E-state index >= 15 is 0 Å². The molecule has 12 heteroatoms. The van der Waals surface area contributed by atoms with Crippen LogP contribution in [0.1, 0.15) is 23.2 Å². The number of hydrogen-bond acceptors (Lipinski definition) is 10. The Hall–Kier alpha value is -3.48. The number of benzene rings is 3. The fourth-order valence-electron chi connectivity index (χ4n) is 3.66. The van der Waals surface area contributed by atoms with Gasteiger partial charge in [-0.1, -0.05) is 48.5 Å². The number of carbonyl (C=O) groups excluding carboxylic acids is 2. The maximum Gasteiger partial charge on any atom is 1.00 e. The van der Waals surface area contributed by atoms with Crippen molar-refractivity contribution in [2.45, 2.75) is 17.7 Å². The molecule has 0 atom stereocenters. The molecule has 0 bridgehead atoms. The van der Waals surface area contributed by atoms with Crippen LogP contribution in [0.5, 0.6) is 0 Å². The molecule has 0 fully saturated rings. The van der Waals surface area contributed by atoms with Crippen LogP contribution in [0.3, 0.4) is 0 Å². The summed E-state index contributed by atoms with van der Waals surface area (Å²) in [5, 5.41) is 8.74. The van der Waals surface area contributed by atoms with Gasteiger partial charge >= 0.3 is 35.5 Å². The Morgan fingerprint density at radius 3 is 2.26 bits per heavy atom. The average Bonchev–Trinajstić information content (AvgIpc) is 2.91. The molecule has 0 radical (unpaired) electrons. The van der Waals surface area contributed by atoms with E-state index in [9.17, 15) is 22.6 Å². The molecule has 0 amide bonds. The smallest absolute Gasteiger partial charge is 0.744 e. The van der Waals surface area contributed by atoms with Gasteiger partial charge in [0.05, 0.1) is 36.0 Å². The summed E-state index contributed by atoms with van der Waals surface area (Å²) >= 11 is 0. The molecule has 0 aliphatic heterocycles. The number of azo groups is 1. The Balaban J connectivity index is 0.00000400. The van der Waals surface area contributed by atoms with Crippen LogP contribution < -0.4 is 35.3 Å². The van der Waals surface area contributed by atoms with Gasteiger partial charge in [-0.2, -0.15) is 0 Å². The Morgan fingerprint density at radius 1 is 0.974 bits per heavy atom. The van der Waals surface area contributed by atoms with Crippen molar-refractivity contribution in [3.05, 3.63) is 78.5 Å². The fourth-order valence-corrected chi connectivity index (χ4v) is 4.36. The molecule has 0 spiro atoms. The number of aromatic nitrogens is 1. The molecule has 4 aromatic rings. The maximum absolute atomic E-state index is 12.2. The standard InChI is InChI=1S/C26H22N4O6S.Na/c1-36-25(32)13-12-23(31)17-8-6-16(7-9-17)21-11-10-18(15-28-21)29-30-22-14-24(37(33,34)35)19-4-2-3-5-20(19)26(22)27;/h2-11,14-15H,12-13,27H2,1H3,(H,33,34,35);/q;+1/p-1. The summed E-state index contributed by atoms with van der Waals surface area (Å²) in [5.74, 6) is -0.604. The van der Waals surface area contributed by atoms with Crippen molar-refractivity contribution in [2.75, 3.05) is 12.8 Å². The minimum Gasteiger partial charge on any atom is -0.744 e. The normalized spacial score (nSPS) is 11.3. The van der Waals surface area contributed by atoms with E-state index in [-0.39, 0.29) is 64.9 Å². The summed E-state index contributed by atoms with van der Waals surface area (Å²) in [7, 11) is -3.49. The number of rotatable bonds is 8. The van der Waals surface area contributed by atoms with Crippen LogP contribution in [0.25, 0.3) is 22.0 Å². The van der Waals surface area contributed by atoms with Gasteiger partial charge in [-0.05, 0) is 18.2 Å². The monoisotopic (exact) mass is 540 g/mol. The molecular formula is C26H21N4NaO6S. The first kappa shape index (κ1) is 29.1.